The first-order chi connectivity index (χ1) is 16.2. The van der Waals surface area contributed by atoms with Crippen molar-refractivity contribution in [1.82, 2.24) is 0 Å². The lowest BCUT2D eigenvalue weighted by Gasteiger charge is -2.10. The van der Waals surface area contributed by atoms with E-state index in [1.807, 2.05) is 0 Å². The van der Waals surface area contributed by atoms with Crippen LogP contribution in [0.3, 0.4) is 0 Å². The number of carboxylic acids is 2. The summed E-state index contributed by atoms with van der Waals surface area (Å²) in [5, 5.41) is 18.0. The van der Waals surface area contributed by atoms with Crippen LogP contribution >= 0.6 is 0 Å². The molecular weight excluding hydrogens is 452 g/mol. The fourth-order valence-corrected chi connectivity index (χ4v) is 3.17. The zero-order valence-electron chi connectivity index (χ0n) is 17.1. The Bertz CT molecular complexity index is 1460. The molecule has 0 aliphatic carbocycles. The molecule has 0 spiro atoms. The monoisotopic (exact) mass is 466 g/mol. The number of hydrogen-bond donors (Lipinski definition) is 2. The molecule has 0 unspecified atom stereocenters. The maximum atomic E-state index is 12.3. The van der Waals surface area contributed by atoms with E-state index in [1.54, 1.807) is 0 Å². The maximum absolute atomic E-state index is 12.3. The number of ether oxygens (including phenoxy) is 2. The second-order valence-electron chi connectivity index (χ2n) is 6.93. The Labute approximate surface area is 188 Å². The standard InChI is InChI=1S/C23H14O11/c24-11(9-31-14-3-1-5-16-20(14)12(25)7-18(33-16)22(27)28)10-32-15-4-2-6-17-21(15)13(26)8-19(34-17)23(29)30/h1-8H,9-10H2,(H,27,28)(H,29,30). The second kappa shape index (κ2) is 8.90. The smallest absolute Gasteiger partial charge is 0.371 e. The van der Waals surface area contributed by atoms with Crippen LogP contribution in [0.5, 0.6) is 11.5 Å². The van der Waals surface area contributed by atoms with Crippen molar-refractivity contribution in [3.63, 3.8) is 0 Å². The highest BCUT2D eigenvalue weighted by Gasteiger charge is 2.17. The predicted octanol–water partition coefficient (Wildman–Crippen LogP) is 2.32. The first-order valence-electron chi connectivity index (χ1n) is 9.62. The summed E-state index contributed by atoms with van der Waals surface area (Å²) in [6.45, 7) is -0.996. The van der Waals surface area contributed by atoms with Crippen molar-refractivity contribution in [2.75, 3.05) is 13.2 Å². The summed E-state index contributed by atoms with van der Waals surface area (Å²) in [5.41, 5.74) is -1.34. The van der Waals surface area contributed by atoms with Crippen molar-refractivity contribution >= 4 is 39.7 Å². The molecule has 0 amide bonds. The molecule has 11 nitrogen and oxygen atoms in total. The van der Waals surface area contributed by atoms with Crippen molar-refractivity contribution in [2.24, 2.45) is 0 Å². The number of aromatic carboxylic acids is 2. The van der Waals surface area contributed by atoms with Crippen molar-refractivity contribution in [2.45, 2.75) is 0 Å². The molecule has 0 radical (unpaired) electrons. The molecule has 11 heteroatoms. The highest BCUT2D eigenvalue weighted by Crippen LogP contribution is 2.25. The summed E-state index contributed by atoms with van der Waals surface area (Å²) in [7, 11) is 0. The number of hydrogen-bond acceptors (Lipinski definition) is 9. The van der Waals surface area contributed by atoms with Crippen LogP contribution in [0.2, 0.25) is 0 Å². The number of benzene rings is 2. The Hall–Kier alpha value is -4.93. The van der Waals surface area contributed by atoms with Crippen LogP contribution in [0, 0.1) is 0 Å². The number of fused-ring (bicyclic) bond motifs is 2. The zero-order chi connectivity index (χ0) is 24.4. The van der Waals surface area contributed by atoms with Crippen LogP contribution < -0.4 is 20.3 Å². The van der Waals surface area contributed by atoms with Gasteiger partial charge in [0.2, 0.25) is 17.3 Å². The third-order valence-electron chi connectivity index (χ3n) is 4.63. The van der Waals surface area contributed by atoms with Crippen LogP contribution in [0.15, 0.2) is 67.0 Å². The highest BCUT2D eigenvalue weighted by molar-refractivity contribution is 5.91. The third-order valence-corrected chi connectivity index (χ3v) is 4.63. The summed E-state index contributed by atoms with van der Waals surface area (Å²) in [5.74, 6) is -4.39. The molecule has 2 aromatic heterocycles. The fraction of sp³-hybridized carbons (Fsp3) is 0.0870. The van der Waals surface area contributed by atoms with E-state index in [2.05, 4.69) is 0 Å². The molecule has 34 heavy (non-hydrogen) atoms. The Morgan fingerprint density at radius 3 is 1.50 bits per heavy atom. The van der Waals surface area contributed by atoms with Crippen LogP contribution in [0.25, 0.3) is 21.9 Å². The third kappa shape index (κ3) is 4.35. The minimum atomic E-state index is -1.40. The lowest BCUT2D eigenvalue weighted by Crippen LogP contribution is -2.20. The quantitative estimate of drug-likeness (QED) is 0.390. The predicted molar refractivity (Wildman–Crippen MR) is 115 cm³/mol. The topological polar surface area (TPSA) is 171 Å². The van der Waals surface area contributed by atoms with Crippen molar-refractivity contribution in [3.05, 3.63) is 80.5 Å². The van der Waals surface area contributed by atoms with Gasteiger partial charge >= 0.3 is 11.9 Å². The van der Waals surface area contributed by atoms with E-state index in [0.717, 1.165) is 12.1 Å². The summed E-state index contributed by atoms with van der Waals surface area (Å²) < 4.78 is 21.2. The number of carbonyl (C=O) groups is 3. The van der Waals surface area contributed by atoms with Gasteiger partial charge in [0.1, 0.15) is 33.4 Å². The van der Waals surface area contributed by atoms with Gasteiger partial charge in [-0.1, -0.05) is 12.1 Å². The highest BCUT2D eigenvalue weighted by atomic mass is 16.5. The minimum Gasteiger partial charge on any atom is -0.485 e. The second-order valence-corrected chi connectivity index (χ2v) is 6.93. The molecule has 4 rings (SSSR count). The van der Waals surface area contributed by atoms with Crippen LogP contribution in [-0.2, 0) is 4.79 Å². The lowest BCUT2D eigenvalue weighted by molar-refractivity contribution is -0.122. The van der Waals surface area contributed by atoms with Gasteiger partial charge in [-0.15, -0.1) is 0 Å². The van der Waals surface area contributed by atoms with Crippen molar-refractivity contribution in [3.8, 4) is 11.5 Å². The number of carboxylic acid groups (broad SMARTS) is 2. The van der Waals surface area contributed by atoms with Crippen LogP contribution in [0.1, 0.15) is 21.1 Å². The molecule has 0 saturated carbocycles. The summed E-state index contributed by atoms with van der Waals surface area (Å²) in [6, 6.07) is 10.2. The molecule has 0 aliphatic heterocycles. The summed E-state index contributed by atoms with van der Waals surface area (Å²) >= 11 is 0. The van der Waals surface area contributed by atoms with E-state index < -0.39 is 53.3 Å². The summed E-state index contributed by atoms with van der Waals surface area (Å²) in [6.07, 6.45) is 0. The number of ketones is 1. The van der Waals surface area contributed by atoms with E-state index in [4.69, 9.17) is 28.5 Å². The molecule has 172 valence electrons. The van der Waals surface area contributed by atoms with E-state index in [1.165, 1.54) is 36.4 Å². The van der Waals surface area contributed by atoms with Gasteiger partial charge in [-0.2, -0.15) is 0 Å². The van der Waals surface area contributed by atoms with Crippen LogP contribution in [0.4, 0.5) is 0 Å². The number of rotatable bonds is 8. The number of carbonyl (C=O) groups excluding carboxylic acids is 1. The molecule has 0 aliphatic rings. The average Bonchev–Trinajstić information content (AvgIpc) is 2.80. The van der Waals surface area contributed by atoms with Gasteiger partial charge in [0, 0.05) is 12.1 Å². The molecule has 4 aromatic rings. The largest absolute Gasteiger partial charge is 0.485 e. The molecular formula is C23H14O11. The normalized spacial score (nSPS) is 10.8. The van der Waals surface area contributed by atoms with Gasteiger partial charge in [0.05, 0.1) is 0 Å². The van der Waals surface area contributed by atoms with E-state index >= 15 is 0 Å². The molecule has 0 fully saturated rings. The van der Waals surface area contributed by atoms with Gasteiger partial charge < -0.3 is 28.5 Å². The van der Waals surface area contributed by atoms with E-state index in [9.17, 15) is 24.0 Å². The minimum absolute atomic E-state index is 0.0172. The Morgan fingerprint density at radius 1 is 0.706 bits per heavy atom. The molecule has 2 aromatic carbocycles. The van der Waals surface area contributed by atoms with Gasteiger partial charge in [-0.3, -0.25) is 14.4 Å². The molecule has 0 saturated heterocycles. The Morgan fingerprint density at radius 2 is 1.12 bits per heavy atom. The van der Waals surface area contributed by atoms with E-state index in [0.29, 0.717) is 0 Å². The zero-order valence-corrected chi connectivity index (χ0v) is 17.1. The molecule has 0 bridgehead atoms. The van der Waals surface area contributed by atoms with Crippen molar-refractivity contribution in [1.29, 1.82) is 0 Å². The molecule has 2 heterocycles. The van der Waals surface area contributed by atoms with Gasteiger partial charge in [0.15, 0.2) is 24.1 Å². The van der Waals surface area contributed by atoms with E-state index in [-0.39, 0.29) is 33.4 Å². The van der Waals surface area contributed by atoms with Crippen molar-refractivity contribution < 1.29 is 42.9 Å². The Kier molecular flexibility index (Phi) is 5.83. The Balaban J connectivity index is 1.50. The van der Waals surface area contributed by atoms with Gasteiger partial charge in [-0.25, -0.2) is 9.59 Å². The summed E-state index contributed by atoms with van der Waals surface area (Å²) in [4.78, 5) is 59.1. The fourth-order valence-electron chi connectivity index (χ4n) is 3.17. The van der Waals surface area contributed by atoms with Gasteiger partial charge in [-0.05, 0) is 24.3 Å². The SMILES string of the molecule is O=C(COc1cccc2oc(C(=O)O)cc(=O)c12)COc1cccc2oc(C(=O)O)cc(=O)c12. The molecule has 0 atom stereocenters. The maximum Gasteiger partial charge on any atom is 0.371 e. The first-order valence-corrected chi connectivity index (χ1v) is 9.62. The average molecular weight is 466 g/mol. The lowest BCUT2D eigenvalue weighted by atomic mass is 10.2. The van der Waals surface area contributed by atoms with Gasteiger partial charge in [0.25, 0.3) is 0 Å². The molecule has 2 N–H and O–H groups in total. The first kappa shape index (κ1) is 22.3. The number of Topliss-reactive ketones (excluding diaryl/α,β-unsaturated/α-hetero) is 1. The van der Waals surface area contributed by atoms with Crippen LogP contribution in [-0.4, -0.2) is 41.1 Å².